The number of hydrogen-bond donors (Lipinski definition) is 2. The number of carbonyl (C=O) groups excluding carboxylic acids is 3. The number of hydrogen-bond acceptors (Lipinski definition) is 4. The van der Waals surface area contributed by atoms with E-state index in [9.17, 15) is 19.2 Å². The zero-order valence-electron chi connectivity index (χ0n) is 10.5. The summed E-state index contributed by atoms with van der Waals surface area (Å²) >= 11 is 0. The molecule has 1 aromatic carbocycles. The Bertz CT molecular complexity index is 561. The molecule has 0 fully saturated rings. The van der Waals surface area contributed by atoms with E-state index < -0.39 is 30.2 Å². The maximum atomic E-state index is 12.0. The first kappa shape index (κ1) is 13.7. The molecule has 20 heavy (non-hydrogen) atoms. The Morgan fingerprint density at radius 3 is 2.15 bits per heavy atom. The third-order valence-electron chi connectivity index (χ3n) is 2.84. The molecule has 1 aliphatic heterocycles. The Kier molecular flexibility index (Phi) is 3.79. The van der Waals surface area contributed by atoms with Crippen LogP contribution in [0.2, 0.25) is 0 Å². The molecule has 0 aromatic heterocycles. The van der Waals surface area contributed by atoms with E-state index in [1.165, 1.54) is 12.1 Å². The molecule has 0 aliphatic carbocycles. The standard InChI is InChI=1S/C13H12N2O5/c16-10(14-6-5-11(17)18)7-15-12(19)8-3-1-2-4-9(8)13(15)20/h1-4H,5-7H2,(H,14,16)(H,17,18). The Labute approximate surface area is 114 Å². The highest BCUT2D eigenvalue weighted by Crippen LogP contribution is 2.21. The molecule has 7 heteroatoms. The average Bonchev–Trinajstić information content (AvgIpc) is 2.64. The molecule has 0 bridgehead atoms. The van der Waals surface area contributed by atoms with Crippen molar-refractivity contribution < 1.29 is 24.3 Å². The van der Waals surface area contributed by atoms with E-state index in [1.54, 1.807) is 12.1 Å². The summed E-state index contributed by atoms with van der Waals surface area (Å²) in [6.45, 7) is -0.455. The first-order valence-electron chi connectivity index (χ1n) is 5.94. The number of nitrogens with one attached hydrogen (secondary N) is 1. The minimum Gasteiger partial charge on any atom is -0.481 e. The van der Waals surface area contributed by atoms with Gasteiger partial charge in [0.15, 0.2) is 0 Å². The molecule has 7 nitrogen and oxygen atoms in total. The van der Waals surface area contributed by atoms with Crippen LogP contribution in [-0.4, -0.2) is 46.8 Å². The van der Waals surface area contributed by atoms with Crippen molar-refractivity contribution in [2.75, 3.05) is 13.1 Å². The highest BCUT2D eigenvalue weighted by molar-refractivity contribution is 6.22. The third kappa shape index (κ3) is 2.66. The summed E-state index contributed by atoms with van der Waals surface area (Å²) < 4.78 is 0. The molecule has 1 heterocycles. The second-order valence-corrected chi connectivity index (χ2v) is 4.24. The highest BCUT2D eigenvalue weighted by atomic mass is 16.4. The lowest BCUT2D eigenvalue weighted by Crippen LogP contribution is -2.40. The van der Waals surface area contributed by atoms with Crippen LogP contribution in [0.1, 0.15) is 27.1 Å². The largest absolute Gasteiger partial charge is 0.481 e. The molecule has 3 amide bonds. The fourth-order valence-corrected chi connectivity index (χ4v) is 1.89. The van der Waals surface area contributed by atoms with Gasteiger partial charge in [0.2, 0.25) is 5.91 Å². The molecule has 2 N–H and O–H groups in total. The van der Waals surface area contributed by atoms with Gasteiger partial charge in [-0.05, 0) is 12.1 Å². The summed E-state index contributed by atoms with van der Waals surface area (Å²) in [5.74, 6) is -2.63. The highest BCUT2D eigenvalue weighted by Gasteiger charge is 2.36. The van der Waals surface area contributed by atoms with Gasteiger partial charge in [-0.3, -0.25) is 24.1 Å². The van der Waals surface area contributed by atoms with Gasteiger partial charge in [0.25, 0.3) is 11.8 Å². The van der Waals surface area contributed by atoms with Gasteiger partial charge in [-0.1, -0.05) is 12.1 Å². The summed E-state index contributed by atoms with van der Waals surface area (Å²) in [5.41, 5.74) is 0.548. The SMILES string of the molecule is O=C(O)CCNC(=O)CN1C(=O)c2ccccc2C1=O. The number of carboxylic acids is 1. The monoisotopic (exact) mass is 276 g/mol. The van der Waals surface area contributed by atoms with Gasteiger partial charge in [-0.15, -0.1) is 0 Å². The predicted octanol–water partition coefficient (Wildman–Crippen LogP) is -0.126. The van der Waals surface area contributed by atoms with Gasteiger partial charge >= 0.3 is 5.97 Å². The summed E-state index contributed by atoms with van der Waals surface area (Å²) in [7, 11) is 0. The number of carbonyl (C=O) groups is 4. The fraction of sp³-hybridized carbons (Fsp3) is 0.231. The average molecular weight is 276 g/mol. The summed E-state index contributed by atoms with van der Waals surface area (Å²) in [5, 5.41) is 10.8. The van der Waals surface area contributed by atoms with Crippen LogP contribution >= 0.6 is 0 Å². The normalized spacial score (nSPS) is 13.3. The molecular formula is C13H12N2O5. The van der Waals surface area contributed by atoms with Gasteiger partial charge in [0.1, 0.15) is 6.54 Å². The molecule has 104 valence electrons. The second kappa shape index (κ2) is 5.52. The number of amides is 3. The number of nitrogens with zero attached hydrogens (tertiary/aromatic N) is 1. The molecule has 0 unspecified atom stereocenters. The summed E-state index contributed by atoms with van der Waals surface area (Å²) in [6.07, 6.45) is -0.214. The lowest BCUT2D eigenvalue weighted by molar-refractivity contribution is -0.136. The van der Waals surface area contributed by atoms with E-state index in [1.807, 2.05) is 0 Å². The van der Waals surface area contributed by atoms with Crippen molar-refractivity contribution >= 4 is 23.7 Å². The molecule has 0 saturated heterocycles. The Morgan fingerprint density at radius 1 is 1.10 bits per heavy atom. The van der Waals surface area contributed by atoms with Crippen molar-refractivity contribution in [3.63, 3.8) is 0 Å². The topological polar surface area (TPSA) is 104 Å². The van der Waals surface area contributed by atoms with Crippen LogP contribution in [0.25, 0.3) is 0 Å². The van der Waals surface area contributed by atoms with Crippen molar-refractivity contribution in [2.45, 2.75) is 6.42 Å². The number of benzene rings is 1. The van der Waals surface area contributed by atoms with Crippen molar-refractivity contribution in [1.29, 1.82) is 0 Å². The molecular weight excluding hydrogens is 264 g/mol. The molecule has 1 aromatic rings. The van der Waals surface area contributed by atoms with Crippen molar-refractivity contribution in [1.82, 2.24) is 10.2 Å². The van der Waals surface area contributed by atoms with Crippen LogP contribution < -0.4 is 5.32 Å². The lowest BCUT2D eigenvalue weighted by atomic mass is 10.1. The van der Waals surface area contributed by atoms with Crippen LogP contribution in [-0.2, 0) is 9.59 Å². The Balaban J connectivity index is 1.98. The first-order valence-corrected chi connectivity index (χ1v) is 5.94. The molecule has 1 aliphatic rings. The quantitative estimate of drug-likeness (QED) is 0.729. The van der Waals surface area contributed by atoms with E-state index in [0.717, 1.165) is 4.90 Å². The summed E-state index contributed by atoms with van der Waals surface area (Å²) in [6, 6.07) is 6.33. The van der Waals surface area contributed by atoms with Gasteiger partial charge in [-0.25, -0.2) is 0 Å². The zero-order valence-corrected chi connectivity index (χ0v) is 10.5. The van der Waals surface area contributed by atoms with Crippen LogP contribution in [0.5, 0.6) is 0 Å². The molecule has 2 rings (SSSR count). The minimum absolute atomic E-state index is 0.0443. The van der Waals surface area contributed by atoms with Crippen LogP contribution in [0.15, 0.2) is 24.3 Å². The van der Waals surface area contributed by atoms with Gasteiger partial charge in [-0.2, -0.15) is 0 Å². The second-order valence-electron chi connectivity index (χ2n) is 4.24. The molecule has 0 spiro atoms. The first-order chi connectivity index (χ1) is 9.50. The number of carboxylic acid groups (broad SMARTS) is 1. The van der Waals surface area contributed by atoms with Crippen molar-refractivity contribution in [2.24, 2.45) is 0 Å². The van der Waals surface area contributed by atoms with Gasteiger partial charge in [0.05, 0.1) is 17.5 Å². The van der Waals surface area contributed by atoms with Crippen LogP contribution in [0.3, 0.4) is 0 Å². The smallest absolute Gasteiger partial charge is 0.305 e. The number of rotatable bonds is 5. The molecule has 0 radical (unpaired) electrons. The van der Waals surface area contributed by atoms with Gasteiger partial charge < -0.3 is 10.4 Å². The fourth-order valence-electron chi connectivity index (χ4n) is 1.89. The summed E-state index contributed by atoms with van der Waals surface area (Å²) in [4.78, 5) is 46.6. The van der Waals surface area contributed by atoms with Crippen LogP contribution in [0, 0.1) is 0 Å². The molecule has 0 atom stereocenters. The third-order valence-corrected chi connectivity index (χ3v) is 2.84. The molecule has 0 saturated carbocycles. The predicted molar refractivity (Wildman–Crippen MR) is 67.1 cm³/mol. The zero-order chi connectivity index (χ0) is 14.7. The van der Waals surface area contributed by atoms with E-state index >= 15 is 0 Å². The van der Waals surface area contributed by atoms with E-state index in [2.05, 4.69) is 5.32 Å². The van der Waals surface area contributed by atoms with Gasteiger partial charge in [0, 0.05) is 6.54 Å². The number of imide groups is 1. The maximum absolute atomic E-state index is 12.0. The maximum Gasteiger partial charge on any atom is 0.305 e. The van der Waals surface area contributed by atoms with E-state index in [0.29, 0.717) is 0 Å². The number of aliphatic carboxylic acids is 1. The Hall–Kier alpha value is -2.70. The minimum atomic E-state index is -1.04. The van der Waals surface area contributed by atoms with E-state index in [4.69, 9.17) is 5.11 Å². The Morgan fingerprint density at radius 2 is 1.65 bits per heavy atom. The van der Waals surface area contributed by atoms with E-state index in [-0.39, 0.29) is 24.1 Å². The number of fused-ring (bicyclic) bond motifs is 1. The van der Waals surface area contributed by atoms with Crippen LogP contribution in [0.4, 0.5) is 0 Å². The van der Waals surface area contributed by atoms with Crippen molar-refractivity contribution in [3.8, 4) is 0 Å². The lowest BCUT2D eigenvalue weighted by Gasteiger charge is -2.13. The van der Waals surface area contributed by atoms with Crippen molar-refractivity contribution in [3.05, 3.63) is 35.4 Å².